The van der Waals surface area contributed by atoms with Gasteiger partial charge in [-0.3, -0.25) is 4.79 Å². The minimum Gasteiger partial charge on any atom is -0.506 e. The zero-order valence-corrected chi connectivity index (χ0v) is 14.3. The number of phenols is 1. The van der Waals surface area contributed by atoms with E-state index >= 15 is 0 Å². The van der Waals surface area contributed by atoms with E-state index in [2.05, 4.69) is 5.32 Å². The Balaban J connectivity index is 1.95. The molecule has 0 heterocycles. The maximum absolute atomic E-state index is 12.7. The molecule has 0 aliphatic carbocycles. The molecule has 0 saturated heterocycles. The first-order chi connectivity index (χ1) is 12.7. The predicted molar refractivity (Wildman–Crippen MR) is 103 cm³/mol. The highest BCUT2D eigenvalue weighted by molar-refractivity contribution is 6.09. The summed E-state index contributed by atoms with van der Waals surface area (Å²) in [5.74, 6) is 0.668. The van der Waals surface area contributed by atoms with Crippen LogP contribution in [-0.4, -0.2) is 18.0 Å². The van der Waals surface area contributed by atoms with E-state index < -0.39 is 0 Å². The standard InChI is InChI=1S/C22H19NO3/c1-26-18-13-11-17(12-14-18)22(25)15-20(16-7-3-2-4-8-16)23-19-9-5-6-10-21(19)24/h2-15,23-24H,1H3/b20-15-. The highest BCUT2D eigenvalue weighted by atomic mass is 16.5. The van der Waals surface area contributed by atoms with Crippen molar-refractivity contribution in [2.75, 3.05) is 12.4 Å². The largest absolute Gasteiger partial charge is 0.506 e. The summed E-state index contributed by atoms with van der Waals surface area (Å²) in [6.07, 6.45) is 1.53. The summed E-state index contributed by atoms with van der Waals surface area (Å²) in [6.45, 7) is 0. The van der Waals surface area contributed by atoms with Crippen LogP contribution in [0.3, 0.4) is 0 Å². The molecule has 2 N–H and O–H groups in total. The highest BCUT2D eigenvalue weighted by Crippen LogP contribution is 2.27. The number of hydrogen-bond donors (Lipinski definition) is 2. The highest BCUT2D eigenvalue weighted by Gasteiger charge is 2.09. The van der Waals surface area contributed by atoms with Gasteiger partial charge in [-0.05, 0) is 42.0 Å². The van der Waals surface area contributed by atoms with Crippen molar-refractivity contribution in [1.29, 1.82) is 0 Å². The number of rotatable bonds is 6. The lowest BCUT2D eigenvalue weighted by atomic mass is 10.1. The van der Waals surface area contributed by atoms with Gasteiger partial charge in [0.25, 0.3) is 0 Å². The Labute approximate surface area is 152 Å². The number of anilines is 1. The lowest BCUT2D eigenvalue weighted by Crippen LogP contribution is -2.04. The van der Waals surface area contributed by atoms with Crippen LogP contribution in [0.2, 0.25) is 0 Å². The molecule has 0 atom stereocenters. The van der Waals surface area contributed by atoms with E-state index in [-0.39, 0.29) is 11.5 Å². The Hall–Kier alpha value is -3.53. The van der Waals surface area contributed by atoms with E-state index in [0.717, 1.165) is 5.56 Å². The minimum absolute atomic E-state index is 0.117. The number of methoxy groups -OCH3 is 1. The van der Waals surface area contributed by atoms with Crippen molar-refractivity contribution in [3.05, 3.63) is 96.1 Å². The first-order valence-electron chi connectivity index (χ1n) is 8.18. The first-order valence-corrected chi connectivity index (χ1v) is 8.18. The van der Waals surface area contributed by atoms with E-state index in [4.69, 9.17) is 4.74 Å². The smallest absolute Gasteiger partial charge is 0.187 e. The van der Waals surface area contributed by atoms with Crippen LogP contribution in [-0.2, 0) is 0 Å². The third-order valence-corrected chi connectivity index (χ3v) is 3.91. The summed E-state index contributed by atoms with van der Waals surface area (Å²) in [5, 5.41) is 13.2. The fourth-order valence-corrected chi connectivity index (χ4v) is 2.50. The molecule has 0 aliphatic rings. The summed E-state index contributed by atoms with van der Waals surface area (Å²) < 4.78 is 5.12. The van der Waals surface area contributed by atoms with E-state index in [1.807, 2.05) is 36.4 Å². The first kappa shape index (κ1) is 17.3. The number of ether oxygens (including phenoxy) is 1. The molecular formula is C22H19NO3. The molecule has 0 amide bonds. The van der Waals surface area contributed by atoms with Crippen LogP contribution < -0.4 is 10.1 Å². The molecule has 3 aromatic rings. The van der Waals surface area contributed by atoms with Crippen molar-refractivity contribution >= 4 is 17.2 Å². The third-order valence-electron chi connectivity index (χ3n) is 3.91. The van der Waals surface area contributed by atoms with Crippen molar-refractivity contribution in [1.82, 2.24) is 0 Å². The molecule has 0 bridgehead atoms. The molecule has 0 radical (unpaired) electrons. The molecule has 0 aliphatic heterocycles. The molecule has 4 nitrogen and oxygen atoms in total. The Morgan fingerprint density at radius 3 is 2.19 bits per heavy atom. The van der Waals surface area contributed by atoms with Crippen molar-refractivity contribution in [3.8, 4) is 11.5 Å². The van der Waals surface area contributed by atoms with Gasteiger partial charge in [0.05, 0.1) is 12.8 Å². The van der Waals surface area contributed by atoms with Gasteiger partial charge in [0, 0.05) is 17.3 Å². The van der Waals surface area contributed by atoms with Gasteiger partial charge < -0.3 is 15.2 Å². The summed E-state index contributed by atoms with van der Waals surface area (Å²) in [6, 6.07) is 23.4. The fourth-order valence-electron chi connectivity index (χ4n) is 2.50. The normalized spacial score (nSPS) is 11.0. The van der Waals surface area contributed by atoms with Crippen LogP contribution in [0.15, 0.2) is 84.9 Å². The van der Waals surface area contributed by atoms with Gasteiger partial charge in [0.1, 0.15) is 11.5 Å². The van der Waals surface area contributed by atoms with Gasteiger partial charge in [-0.25, -0.2) is 0 Å². The lowest BCUT2D eigenvalue weighted by molar-refractivity contribution is 0.104. The molecule has 0 spiro atoms. The zero-order valence-electron chi connectivity index (χ0n) is 14.3. The average molecular weight is 345 g/mol. The summed E-state index contributed by atoms with van der Waals surface area (Å²) >= 11 is 0. The van der Waals surface area contributed by atoms with Crippen LogP contribution in [0.1, 0.15) is 15.9 Å². The SMILES string of the molecule is COc1ccc(C(=O)/C=C(\Nc2ccccc2O)c2ccccc2)cc1. The lowest BCUT2D eigenvalue weighted by Gasteiger charge is -2.13. The molecule has 3 aromatic carbocycles. The van der Waals surface area contributed by atoms with Crippen LogP contribution >= 0.6 is 0 Å². The molecule has 0 unspecified atom stereocenters. The number of para-hydroxylation sites is 2. The molecule has 0 aromatic heterocycles. The van der Waals surface area contributed by atoms with Crippen LogP contribution in [0.4, 0.5) is 5.69 Å². The number of ketones is 1. The Bertz CT molecular complexity index is 916. The fraction of sp³-hybridized carbons (Fsp3) is 0.0455. The van der Waals surface area contributed by atoms with Crippen LogP contribution in [0.5, 0.6) is 11.5 Å². The zero-order chi connectivity index (χ0) is 18.4. The van der Waals surface area contributed by atoms with Gasteiger partial charge in [0.15, 0.2) is 5.78 Å². The van der Waals surface area contributed by atoms with Gasteiger partial charge in [-0.1, -0.05) is 42.5 Å². The summed E-state index contributed by atoms with van der Waals surface area (Å²) in [7, 11) is 1.58. The third kappa shape index (κ3) is 4.11. The van der Waals surface area contributed by atoms with Gasteiger partial charge >= 0.3 is 0 Å². The monoisotopic (exact) mass is 345 g/mol. The Morgan fingerprint density at radius 1 is 0.885 bits per heavy atom. The number of benzene rings is 3. The second kappa shape index (κ2) is 8.03. The Morgan fingerprint density at radius 2 is 1.54 bits per heavy atom. The maximum Gasteiger partial charge on any atom is 0.187 e. The number of phenolic OH excluding ortho intramolecular Hbond substituents is 1. The van der Waals surface area contributed by atoms with E-state index in [1.54, 1.807) is 49.6 Å². The quantitative estimate of drug-likeness (QED) is 0.385. The van der Waals surface area contributed by atoms with Crippen LogP contribution in [0, 0.1) is 0 Å². The topological polar surface area (TPSA) is 58.6 Å². The van der Waals surface area contributed by atoms with Gasteiger partial charge in [-0.15, -0.1) is 0 Å². The number of nitrogens with one attached hydrogen (secondary N) is 1. The molecule has 4 heteroatoms. The van der Waals surface area contributed by atoms with E-state index in [9.17, 15) is 9.90 Å². The maximum atomic E-state index is 12.7. The average Bonchev–Trinajstić information content (AvgIpc) is 2.69. The van der Waals surface area contributed by atoms with Crippen LogP contribution in [0.25, 0.3) is 5.70 Å². The number of aromatic hydroxyl groups is 1. The molecule has 0 fully saturated rings. The van der Waals surface area contributed by atoms with Crippen molar-refractivity contribution in [2.24, 2.45) is 0 Å². The number of carbonyl (C=O) groups is 1. The van der Waals surface area contributed by atoms with Crippen molar-refractivity contribution < 1.29 is 14.6 Å². The summed E-state index contributed by atoms with van der Waals surface area (Å²) in [5.41, 5.74) is 2.54. The second-order valence-electron chi connectivity index (χ2n) is 5.66. The molecule has 26 heavy (non-hydrogen) atoms. The van der Waals surface area contributed by atoms with E-state index in [1.165, 1.54) is 6.08 Å². The molecular weight excluding hydrogens is 326 g/mol. The van der Waals surface area contributed by atoms with Crippen molar-refractivity contribution in [3.63, 3.8) is 0 Å². The minimum atomic E-state index is -0.144. The van der Waals surface area contributed by atoms with Gasteiger partial charge in [-0.2, -0.15) is 0 Å². The number of carbonyl (C=O) groups excluding carboxylic acids is 1. The van der Waals surface area contributed by atoms with E-state index in [0.29, 0.717) is 22.7 Å². The molecule has 0 saturated carbocycles. The second-order valence-corrected chi connectivity index (χ2v) is 5.66. The molecule has 130 valence electrons. The predicted octanol–water partition coefficient (Wildman–Crippen LogP) is 4.74. The van der Waals surface area contributed by atoms with Crippen molar-refractivity contribution in [2.45, 2.75) is 0 Å². The molecule has 3 rings (SSSR count). The number of hydrogen-bond acceptors (Lipinski definition) is 4. The Kier molecular flexibility index (Phi) is 5.34. The number of allylic oxidation sites excluding steroid dienone is 1. The summed E-state index contributed by atoms with van der Waals surface area (Å²) in [4.78, 5) is 12.7. The van der Waals surface area contributed by atoms with Gasteiger partial charge in [0.2, 0.25) is 0 Å².